The van der Waals surface area contributed by atoms with E-state index in [4.69, 9.17) is 9.47 Å². The van der Waals surface area contributed by atoms with Gasteiger partial charge >= 0.3 is 6.09 Å². The van der Waals surface area contributed by atoms with Gasteiger partial charge in [-0.2, -0.15) is 0 Å². The number of hydrogen-bond acceptors (Lipinski definition) is 4. The van der Waals surface area contributed by atoms with E-state index >= 15 is 0 Å². The molecule has 202 valence electrons. The predicted molar refractivity (Wildman–Crippen MR) is 154 cm³/mol. The predicted octanol–water partition coefficient (Wildman–Crippen LogP) is 6.97. The van der Waals surface area contributed by atoms with Gasteiger partial charge in [-0.3, -0.25) is 4.90 Å². The fourth-order valence-electron chi connectivity index (χ4n) is 6.12. The van der Waals surface area contributed by atoms with Crippen LogP contribution in [0.5, 0.6) is 5.75 Å². The average Bonchev–Trinajstić information content (AvgIpc) is 3.53. The molecule has 1 aliphatic heterocycles. The number of methoxy groups -OCH3 is 1. The topological polar surface area (TPSA) is 57.8 Å². The lowest BCUT2D eigenvalue weighted by atomic mass is 9.73. The molecule has 3 aromatic rings. The second kappa shape index (κ2) is 10.5. The first-order valence-corrected chi connectivity index (χ1v) is 13.8. The molecule has 1 spiro atoms. The van der Waals surface area contributed by atoms with Crippen LogP contribution in [-0.2, 0) is 4.74 Å². The number of para-hydroxylation sites is 1. The van der Waals surface area contributed by atoms with Crippen LogP contribution in [0.3, 0.4) is 0 Å². The fourth-order valence-corrected chi connectivity index (χ4v) is 6.12. The minimum Gasteiger partial charge on any atom is -0.496 e. The van der Waals surface area contributed by atoms with Gasteiger partial charge in [0.05, 0.1) is 12.8 Å². The Hall–Kier alpha value is -3.25. The number of benzene rings is 2. The van der Waals surface area contributed by atoms with Crippen molar-refractivity contribution in [3.8, 4) is 17.0 Å². The van der Waals surface area contributed by atoms with Gasteiger partial charge in [0.25, 0.3) is 0 Å². The van der Waals surface area contributed by atoms with Gasteiger partial charge in [0, 0.05) is 55.1 Å². The number of likely N-dealkylation sites (N-methyl/N-ethyl adjacent to an activating group) is 1. The molecule has 0 saturated heterocycles. The third kappa shape index (κ3) is 5.46. The summed E-state index contributed by atoms with van der Waals surface area (Å²) in [5, 5.41) is 1.22. The van der Waals surface area contributed by atoms with Crippen LogP contribution in [0.1, 0.15) is 52.0 Å². The molecule has 2 aliphatic rings. The number of carbonyl (C=O) groups excluding carboxylic acids is 1. The molecule has 1 N–H and O–H groups in total. The van der Waals surface area contributed by atoms with Gasteiger partial charge in [-0.25, -0.2) is 4.79 Å². The van der Waals surface area contributed by atoms with Crippen molar-refractivity contribution in [3.05, 3.63) is 60.2 Å². The molecule has 1 aromatic heterocycles. The number of aromatic nitrogens is 1. The van der Waals surface area contributed by atoms with Gasteiger partial charge in [0.2, 0.25) is 0 Å². The van der Waals surface area contributed by atoms with Crippen molar-refractivity contribution in [1.29, 1.82) is 0 Å². The monoisotopic (exact) mass is 515 g/mol. The number of aromatic amines is 1. The van der Waals surface area contributed by atoms with E-state index in [9.17, 15) is 4.79 Å². The highest BCUT2D eigenvalue weighted by Gasteiger charge is 2.41. The lowest BCUT2D eigenvalue weighted by Gasteiger charge is -2.42. The molecule has 1 fully saturated rings. The summed E-state index contributed by atoms with van der Waals surface area (Å²) >= 11 is 0. The molecule has 1 saturated carbocycles. The Morgan fingerprint density at radius 2 is 1.87 bits per heavy atom. The van der Waals surface area contributed by atoms with Crippen LogP contribution >= 0.6 is 0 Å². The first-order chi connectivity index (χ1) is 18.2. The Balaban J connectivity index is 1.35. The van der Waals surface area contributed by atoms with Crippen molar-refractivity contribution >= 4 is 22.6 Å². The summed E-state index contributed by atoms with van der Waals surface area (Å²) < 4.78 is 11.1. The first kappa shape index (κ1) is 26.4. The van der Waals surface area contributed by atoms with Gasteiger partial charge in [-0.05, 0) is 75.1 Å². The lowest BCUT2D eigenvalue weighted by Crippen LogP contribution is -2.45. The maximum atomic E-state index is 12.4. The summed E-state index contributed by atoms with van der Waals surface area (Å²) in [6.07, 6.45) is 7.16. The highest BCUT2D eigenvalue weighted by Crippen LogP contribution is 2.51. The summed E-state index contributed by atoms with van der Waals surface area (Å²) in [6.45, 7) is 9.17. The number of rotatable bonds is 6. The molecule has 0 bridgehead atoms. The molecule has 1 amide bonds. The molecule has 5 rings (SSSR count). The van der Waals surface area contributed by atoms with Gasteiger partial charge in [-0.15, -0.1) is 0 Å². The van der Waals surface area contributed by atoms with Gasteiger partial charge < -0.3 is 19.4 Å². The third-order valence-electron chi connectivity index (χ3n) is 8.00. The molecule has 6 nitrogen and oxygen atoms in total. The normalized spacial score (nSPS) is 17.6. The summed E-state index contributed by atoms with van der Waals surface area (Å²) in [5.74, 6) is 0.872. The molecule has 0 atom stereocenters. The van der Waals surface area contributed by atoms with Crippen LogP contribution in [-0.4, -0.2) is 66.8 Å². The SMILES string of the molecule is COc1ccccc1-c1cc2cc(C3=CCN(CCN(C)C(=O)OC(C)(C)C)CC34CCCC4)ccc2[nH]1. The van der Waals surface area contributed by atoms with Gasteiger partial charge in [0.15, 0.2) is 0 Å². The quantitative estimate of drug-likeness (QED) is 0.385. The minimum atomic E-state index is -0.476. The average molecular weight is 516 g/mol. The zero-order valence-corrected chi connectivity index (χ0v) is 23.5. The number of fused-ring (bicyclic) bond motifs is 1. The van der Waals surface area contributed by atoms with E-state index in [0.717, 1.165) is 42.2 Å². The molecular weight excluding hydrogens is 474 g/mol. The summed E-state index contributed by atoms with van der Waals surface area (Å²) in [5.41, 5.74) is 5.81. The number of ether oxygens (including phenoxy) is 2. The van der Waals surface area contributed by atoms with Crippen molar-refractivity contribution in [2.75, 3.05) is 40.3 Å². The molecule has 1 aliphatic carbocycles. The number of nitrogens with zero attached hydrogens (tertiary/aromatic N) is 2. The fraction of sp³-hybridized carbons (Fsp3) is 0.469. The second-order valence-electron chi connectivity index (χ2n) is 11.9. The first-order valence-electron chi connectivity index (χ1n) is 13.8. The van der Waals surface area contributed by atoms with Crippen LogP contribution in [0, 0.1) is 5.41 Å². The number of hydrogen-bond donors (Lipinski definition) is 1. The molecule has 2 heterocycles. The van der Waals surface area contributed by atoms with Gasteiger partial charge in [0.1, 0.15) is 11.4 Å². The van der Waals surface area contributed by atoms with Crippen LogP contribution in [0.2, 0.25) is 0 Å². The number of amides is 1. The second-order valence-corrected chi connectivity index (χ2v) is 11.9. The Labute approximate surface area is 226 Å². The Bertz CT molecular complexity index is 1330. The zero-order chi connectivity index (χ0) is 26.9. The largest absolute Gasteiger partial charge is 0.496 e. The van der Waals surface area contributed by atoms with E-state index in [1.807, 2.05) is 46.0 Å². The maximum absolute atomic E-state index is 12.4. The van der Waals surface area contributed by atoms with E-state index < -0.39 is 5.60 Å². The number of H-pyrrole nitrogens is 1. The van der Waals surface area contributed by atoms with Crippen LogP contribution in [0.4, 0.5) is 4.79 Å². The summed E-state index contributed by atoms with van der Waals surface area (Å²) in [7, 11) is 3.55. The van der Waals surface area contributed by atoms with E-state index in [0.29, 0.717) is 6.54 Å². The standard InChI is InChI=1S/C32H41N3O3/c1-31(2,3)38-30(36)34(4)18-19-35-17-14-26(32(22-35)15-8-9-16-32)23-12-13-27-24(20-23)21-28(33-27)25-10-6-7-11-29(25)37-5/h6-7,10-14,20-21,33H,8-9,15-19,22H2,1-5H3. The third-order valence-corrected chi connectivity index (χ3v) is 8.00. The Morgan fingerprint density at radius 1 is 1.11 bits per heavy atom. The smallest absolute Gasteiger partial charge is 0.410 e. The Kier molecular flexibility index (Phi) is 7.28. The molecular formula is C32H41N3O3. The zero-order valence-electron chi connectivity index (χ0n) is 23.5. The van der Waals surface area contributed by atoms with Crippen molar-refractivity contribution in [2.24, 2.45) is 5.41 Å². The van der Waals surface area contributed by atoms with Crippen molar-refractivity contribution in [1.82, 2.24) is 14.8 Å². The minimum absolute atomic E-state index is 0.179. The van der Waals surface area contributed by atoms with Crippen LogP contribution < -0.4 is 4.74 Å². The lowest BCUT2D eigenvalue weighted by molar-refractivity contribution is 0.0279. The van der Waals surface area contributed by atoms with Crippen LogP contribution in [0.15, 0.2) is 54.6 Å². The summed E-state index contributed by atoms with van der Waals surface area (Å²) in [4.78, 5) is 20.2. The van der Waals surface area contributed by atoms with Crippen molar-refractivity contribution in [3.63, 3.8) is 0 Å². The molecule has 6 heteroatoms. The number of carbonyl (C=O) groups is 1. The summed E-state index contributed by atoms with van der Waals surface area (Å²) in [6, 6.07) is 17.2. The number of nitrogens with one attached hydrogen (secondary N) is 1. The highest BCUT2D eigenvalue weighted by atomic mass is 16.6. The van der Waals surface area contributed by atoms with E-state index in [1.54, 1.807) is 12.0 Å². The molecule has 0 unspecified atom stereocenters. The van der Waals surface area contributed by atoms with Crippen molar-refractivity contribution < 1.29 is 14.3 Å². The van der Waals surface area contributed by atoms with E-state index in [1.165, 1.54) is 42.2 Å². The highest BCUT2D eigenvalue weighted by molar-refractivity contribution is 5.90. The maximum Gasteiger partial charge on any atom is 0.410 e. The van der Waals surface area contributed by atoms with Crippen molar-refractivity contribution in [2.45, 2.75) is 52.1 Å². The Morgan fingerprint density at radius 3 is 2.61 bits per heavy atom. The molecule has 2 aromatic carbocycles. The van der Waals surface area contributed by atoms with Gasteiger partial charge in [-0.1, -0.05) is 37.1 Å². The van der Waals surface area contributed by atoms with Crippen LogP contribution in [0.25, 0.3) is 27.7 Å². The molecule has 0 radical (unpaired) electrons. The van der Waals surface area contributed by atoms with E-state index in [-0.39, 0.29) is 11.5 Å². The van der Waals surface area contributed by atoms with E-state index in [2.05, 4.69) is 46.3 Å². The molecule has 38 heavy (non-hydrogen) atoms.